The van der Waals surface area contributed by atoms with Crippen LogP contribution in [0, 0.1) is 5.41 Å². The maximum atomic E-state index is 13.8. The van der Waals surface area contributed by atoms with Gasteiger partial charge in [-0.05, 0) is 40.8 Å². The summed E-state index contributed by atoms with van der Waals surface area (Å²) in [6, 6.07) is 12.8. The van der Waals surface area contributed by atoms with Crippen molar-refractivity contribution in [1.29, 1.82) is 0 Å². The molecule has 0 saturated carbocycles. The lowest BCUT2D eigenvalue weighted by molar-refractivity contribution is -0.130. The number of carbonyl (C=O) groups excluding carboxylic acids is 2. The van der Waals surface area contributed by atoms with Gasteiger partial charge in [-0.2, -0.15) is 0 Å². The van der Waals surface area contributed by atoms with E-state index in [-0.39, 0.29) is 30.2 Å². The van der Waals surface area contributed by atoms with Gasteiger partial charge in [-0.1, -0.05) is 62.2 Å². The molecule has 0 aromatic heterocycles. The average Bonchev–Trinajstić information content (AvgIpc) is 2.86. The smallest absolute Gasteiger partial charge is 0.238 e. The lowest BCUT2D eigenvalue weighted by Gasteiger charge is -2.41. The number of rotatable bonds is 3. The predicted octanol–water partition coefficient (Wildman–Crippen LogP) is 4.92. The zero-order valence-electron chi connectivity index (χ0n) is 17.8. The summed E-state index contributed by atoms with van der Waals surface area (Å²) in [4.78, 5) is 26.5. The first-order chi connectivity index (χ1) is 14.6. The van der Waals surface area contributed by atoms with Crippen LogP contribution in [0.1, 0.15) is 44.2 Å². The van der Waals surface area contributed by atoms with E-state index < -0.39 is 17.4 Å². The summed E-state index contributed by atoms with van der Waals surface area (Å²) in [6.45, 7) is 6.90. The molecule has 2 heterocycles. The molecule has 1 fully saturated rings. The standard InChI is InChI=1S/C24H26Cl2N2O3/c1-23(2,3)13-31-20-12-27-21(29)11-18(14-5-4-6-15(25)9-14)24(20)17-8-7-16(26)10-19(17)28-22(24)30/h4-10,18,20H,11-13H2,1-3H3,(H,27,29)(H,28,30)/t18-,20-,24-/m1/s1. The molecule has 5 nitrogen and oxygen atoms in total. The van der Waals surface area contributed by atoms with Crippen LogP contribution in [0.4, 0.5) is 5.69 Å². The summed E-state index contributed by atoms with van der Waals surface area (Å²) in [5.41, 5.74) is 1.06. The summed E-state index contributed by atoms with van der Waals surface area (Å²) < 4.78 is 6.41. The van der Waals surface area contributed by atoms with E-state index in [2.05, 4.69) is 31.4 Å². The van der Waals surface area contributed by atoms with Gasteiger partial charge in [0, 0.05) is 34.6 Å². The summed E-state index contributed by atoms with van der Waals surface area (Å²) in [5, 5.41) is 7.05. The van der Waals surface area contributed by atoms with Crippen LogP contribution < -0.4 is 10.6 Å². The molecule has 4 rings (SSSR count). The first-order valence-corrected chi connectivity index (χ1v) is 11.1. The Kier molecular flexibility index (Phi) is 5.80. The van der Waals surface area contributed by atoms with E-state index in [9.17, 15) is 9.59 Å². The summed E-state index contributed by atoms with van der Waals surface area (Å²) >= 11 is 12.5. The highest BCUT2D eigenvalue weighted by Crippen LogP contribution is 2.53. The Morgan fingerprint density at radius 2 is 1.84 bits per heavy atom. The molecule has 2 N–H and O–H groups in total. The minimum absolute atomic E-state index is 0.110. The number of anilines is 1. The molecule has 2 aliphatic heterocycles. The van der Waals surface area contributed by atoms with Gasteiger partial charge in [-0.3, -0.25) is 9.59 Å². The van der Waals surface area contributed by atoms with Crippen LogP contribution in [-0.4, -0.2) is 31.1 Å². The Hall–Kier alpha value is -2.08. The number of hydrogen-bond donors (Lipinski definition) is 2. The average molecular weight is 461 g/mol. The van der Waals surface area contributed by atoms with E-state index in [0.717, 1.165) is 11.1 Å². The molecule has 7 heteroatoms. The molecule has 1 spiro atoms. The minimum Gasteiger partial charge on any atom is -0.374 e. The highest BCUT2D eigenvalue weighted by atomic mass is 35.5. The van der Waals surface area contributed by atoms with E-state index >= 15 is 0 Å². The van der Waals surface area contributed by atoms with Crippen molar-refractivity contribution in [2.24, 2.45) is 5.41 Å². The molecule has 2 aromatic rings. The van der Waals surface area contributed by atoms with Crippen LogP contribution in [0.5, 0.6) is 0 Å². The number of benzene rings is 2. The van der Waals surface area contributed by atoms with Gasteiger partial charge in [-0.25, -0.2) is 0 Å². The van der Waals surface area contributed by atoms with Gasteiger partial charge in [-0.15, -0.1) is 0 Å². The van der Waals surface area contributed by atoms with Crippen molar-refractivity contribution in [3.63, 3.8) is 0 Å². The van der Waals surface area contributed by atoms with Gasteiger partial charge >= 0.3 is 0 Å². The second kappa shape index (κ2) is 8.12. The lowest BCUT2D eigenvalue weighted by atomic mass is 9.64. The molecule has 0 unspecified atom stereocenters. The van der Waals surface area contributed by atoms with Crippen molar-refractivity contribution >= 4 is 40.7 Å². The van der Waals surface area contributed by atoms with E-state index in [4.69, 9.17) is 27.9 Å². The zero-order valence-corrected chi connectivity index (χ0v) is 19.3. The molecule has 2 amide bonds. The van der Waals surface area contributed by atoms with Crippen LogP contribution in [-0.2, 0) is 19.7 Å². The van der Waals surface area contributed by atoms with Crippen LogP contribution >= 0.6 is 23.2 Å². The van der Waals surface area contributed by atoms with Gasteiger partial charge in [0.05, 0.1) is 12.7 Å². The van der Waals surface area contributed by atoms with Crippen molar-refractivity contribution in [1.82, 2.24) is 5.32 Å². The quantitative estimate of drug-likeness (QED) is 0.682. The number of halogens is 2. The van der Waals surface area contributed by atoms with Gasteiger partial charge in [0.2, 0.25) is 11.8 Å². The highest BCUT2D eigenvalue weighted by Gasteiger charge is 2.60. The molecule has 2 aromatic carbocycles. The molecular weight excluding hydrogens is 435 g/mol. The monoisotopic (exact) mass is 460 g/mol. The largest absolute Gasteiger partial charge is 0.374 e. The number of nitrogens with one attached hydrogen (secondary N) is 2. The second-order valence-corrected chi connectivity index (χ2v) is 10.4. The fourth-order valence-corrected chi connectivity index (χ4v) is 5.02. The first-order valence-electron chi connectivity index (χ1n) is 10.4. The van der Waals surface area contributed by atoms with Crippen LogP contribution in [0.25, 0.3) is 0 Å². The van der Waals surface area contributed by atoms with E-state index in [1.54, 1.807) is 18.2 Å². The second-order valence-electron chi connectivity index (χ2n) is 9.49. The van der Waals surface area contributed by atoms with E-state index in [1.807, 2.05) is 24.3 Å². The Bertz CT molecular complexity index is 1030. The molecule has 3 atom stereocenters. The highest BCUT2D eigenvalue weighted by molar-refractivity contribution is 6.31. The molecule has 164 valence electrons. The van der Waals surface area contributed by atoms with Gasteiger partial charge in [0.1, 0.15) is 5.41 Å². The summed E-state index contributed by atoms with van der Waals surface area (Å²) in [6.07, 6.45) is -0.421. The Morgan fingerprint density at radius 3 is 2.55 bits per heavy atom. The Labute approximate surface area is 192 Å². The fraction of sp³-hybridized carbons (Fsp3) is 0.417. The van der Waals surface area contributed by atoms with Crippen molar-refractivity contribution < 1.29 is 14.3 Å². The summed E-state index contributed by atoms with van der Waals surface area (Å²) in [7, 11) is 0. The Balaban J connectivity index is 1.94. The topological polar surface area (TPSA) is 67.4 Å². The van der Waals surface area contributed by atoms with Crippen molar-refractivity contribution in [2.75, 3.05) is 18.5 Å². The summed E-state index contributed by atoms with van der Waals surface area (Å²) in [5.74, 6) is -0.771. The molecular formula is C24H26Cl2N2O3. The molecule has 2 aliphatic rings. The normalized spacial score (nSPS) is 25.7. The Morgan fingerprint density at radius 1 is 1.10 bits per heavy atom. The van der Waals surface area contributed by atoms with E-state index in [0.29, 0.717) is 22.3 Å². The molecule has 0 aliphatic carbocycles. The van der Waals surface area contributed by atoms with Crippen LogP contribution in [0.3, 0.4) is 0 Å². The van der Waals surface area contributed by atoms with Gasteiger partial charge in [0.25, 0.3) is 0 Å². The van der Waals surface area contributed by atoms with Crippen molar-refractivity contribution in [2.45, 2.75) is 44.6 Å². The maximum Gasteiger partial charge on any atom is 0.238 e. The first kappa shape index (κ1) is 22.1. The SMILES string of the molecule is CC(C)(C)CO[C@@H]1CNC(=O)C[C@H](c2cccc(Cl)c2)[C@@]12C(=O)Nc1cc(Cl)ccc12. The molecule has 0 bridgehead atoms. The minimum atomic E-state index is -1.10. The number of amides is 2. The molecule has 31 heavy (non-hydrogen) atoms. The predicted molar refractivity (Wildman–Crippen MR) is 123 cm³/mol. The lowest BCUT2D eigenvalue weighted by Crippen LogP contribution is -2.53. The third kappa shape index (κ3) is 4.07. The van der Waals surface area contributed by atoms with Crippen LogP contribution in [0.2, 0.25) is 10.0 Å². The van der Waals surface area contributed by atoms with Crippen molar-refractivity contribution in [3.05, 3.63) is 63.6 Å². The third-order valence-electron chi connectivity index (χ3n) is 5.95. The maximum absolute atomic E-state index is 13.8. The molecule has 1 saturated heterocycles. The molecule has 0 radical (unpaired) electrons. The van der Waals surface area contributed by atoms with Crippen LogP contribution in [0.15, 0.2) is 42.5 Å². The zero-order chi connectivity index (χ0) is 22.4. The fourth-order valence-electron chi connectivity index (χ4n) is 4.65. The number of ether oxygens (including phenoxy) is 1. The third-order valence-corrected chi connectivity index (χ3v) is 6.42. The number of hydrogen-bond acceptors (Lipinski definition) is 3. The van der Waals surface area contributed by atoms with Gasteiger partial charge in [0.15, 0.2) is 0 Å². The number of fused-ring (bicyclic) bond motifs is 2. The van der Waals surface area contributed by atoms with E-state index in [1.165, 1.54) is 0 Å². The van der Waals surface area contributed by atoms with Gasteiger partial charge < -0.3 is 15.4 Å². The van der Waals surface area contributed by atoms with Crippen molar-refractivity contribution in [3.8, 4) is 0 Å². The number of carbonyl (C=O) groups is 2.